The molecule has 1 atom stereocenters. The van der Waals surface area contributed by atoms with E-state index in [9.17, 15) is 4.79 Å². The summed E-state index contributed by atoms with van der Waals surface area (Å²) >= 11 is 0. The zero-order valence-corrected chi connectivity index (χ0v) is 13.1. The topological polar surface area (TPSA) is 38.8 Å². The molecular formula is C17H27NO3. The van der Waals surface area contributed by atoms with Crippen LogP contribution in [0, 0.1) is 5.41 Å². The highest BCUT2D eigenvalue weighted by molar-refractivity contribution is 5.93. The van der Waals surface area contributed by atoms with Gasteiger partial charge in [0.05, 0.1) is 19.3 Å². The number of likely N-dealkylation sites (tertiary alicyclic amines) is 1. The zero-order valence-electron chi connectivity index (χ0n) is 13.1. The van der Waals surface area contributed by atoms with E-state index in [0.717, 1.165) is 57.4 Å². The van der Waals surface area contributed by atoms with Gasteiger partial charge in [-0.1, -0.05) is 6.08 Å². The summed E-state index contributed by atoms with van der Waals surface area (Å²) in [6.07, 6.45) is 10.1. The Morgan fingerprint density at radius 2 is 2.24 bits per heavy atom. The summed E-state index contributed by atoms with van der Waals surface area (Å²) in [5.74, 6) is 0.289. The summed E-state index contributed by atoms with van der Waals surface area (Å²) in [7, 11) is 1.73. The van der Waals surface area contributed by atoms with Gasteiger partial charge in [0.15, 0.2) is 0 Å². The zero-order chi connectivity index (χ0) is 14.7. The van der Waals surface area contributed by atoms with Gasteiger partial charge in [-0.05, 0) is 50.4 Å². The third kappa shape index (κ3) is 3.32. The van der Waals surface area contributed by atoms with Crippen LogP contribution in [-0.4, -0.2) is 50.3 Å². The van der Waals surface area contributed by atoms with Crippen LogP contribution in [0.2, 0.25) is 0 Å². The number of carbonyl (C=O) groups is 1. The van der Waals surface area contributed by atoms with E-state index < -0.39 is 0 Å². The maximum absolute atomic E-state index is 12.5. The Balaban J connectivity index is 1.53. The highest BCUT2D eigenvalue weighted by atomic mass is 16.5. The molecule has 2 saturated heterocycles. The van der Waals surface area contributed by atoms with Crippen molar-refractivity contribution in [2.45, 2.75) is 51.0 Å². The number of carbonyl (C=O) groups excluding carboxylic acids is 1. The van der Waals surface area contributed by atoms with Crippen molar-refractivity contribution in [3.05, 3.63) is 11.6 Å². The van der Waals surface area contributed by atoms with E-state index in [4.69, 9.17) is 9.47 Å². The monoisotopic (exact) mass is 293 g/mol. The maximum atomic E-state index is 12.5. The van der Waals surface area contributed by atoms with Crippen molar-refractivity contribution in [3.63, 3.8) is 0 Å². The predicted octanol–water partition coefficient (Wildman–Crippen LogP) is 2.53. The van der Waals surface area contributed by atoms with Crippen molar-refractivity contribution in [1.29, 1.82) is 0 Å². The maximum Gasteiger partial charge on any atom is 0.249 e. The van der Waals surface area contributed by atoms with Gasteiger partial charge in [-0.25, -0.2) is 0 Å². The SMILES string of the molecule is COCC1CC2(CCN(C(=O)C3=CCCCC3)CC2)CO1. The second-order valence-electron chi connectivity index (χ2n) is 6.86. The fraction of sp³-hybridized carbons (Fsp3) is 0.824. The molecule has 1 spiro atoms. The summed E-state index contributed by atoms with van der Waals surface area (Å²) in [4.78, 5) is 14.6. The number of ether oxygens (including phenoxy) is 2. The summed E-state index contributed by atoms with van der Waals surface area (Å²) in [5.41, 5.74) is 1.35. The average molecular weight is 293 g/mol. The first-order valence-corrected chi connectivity index (χ1v) is 8.31. The van der Waals surface area contributed by atoms with Gasteiger partial charge < -0.3 is 14.4 Å². The lowest BCUT2D eigenvalue weighted by molar-refractivity contribution is -0.129. The molecule has 0 radical (unpaired) electrons. The number of rotatable bonds is 3. The lowest BCUT2D eigenvalue weighted by Gasteiger charge is -2.39. The minimum absolute atomic E-state index is 0.248. The van der Waals surface area contributed by atoms with Crippen LogP contribution in [0.15, 0.2) is 11.6 Å². The minimum Gasteiger partial charge on any atom is -0.382 e. The Bertz CT molecular complexity index is 410. The molecule has 3 aliphatic rings. The van der Waals surface area contributed by atoms with Crippen LogP contribution in [-0.2, 0) is 14.3 Å². The van der Waals surface area contributed by atoms with E-state index in [1.54, 1.807) is 7.11 Å². The molecule has 0 aromatic rings. The summed E-state index contributed by atoms with van der Waals surface area (Å²) < 4.78 is 11.1. The van der Waals surface area contributed by atoms with Crippen molar-refractivity contribution >= 4 is 5.91 Å². The van der Waals surface area contributed by atoms with Crippen molar-refractivity contribution < 1.29 is 14.3 Å². The summed E-state index contributed by atoms with van der Waals surface area (Å²) in [5, 5.41) is 0. The number of methoxy groups -OCH3 is 1. The number of amides is 1. The Morgan fingerprint density at radius 3 is 2.90 bits per heavy atom. The number of nitrogens with zero attached hydrogens (tertiary/aromatic N) is 1. The molecule has 1 aliphatic carbocycles. The first-order chi connectivity index (χ1) is 10.2. The Hall–Kier alpha value is -0.870. The van der Waals surface area contributed by atoms with Crippen LogP contribution >= 0.6 is 0 Å². The Kier molecular flexibility index (Phi) is 4.65. The van der Waals surface area contributed by atoms with Crippen LogP contribution in [0.4, 0.5) is 0 Å². The second-order valence-corrected chi connectivity index (χ2v) is 6.86. The average Bonchev–Trinajstić information content (AvgIpc) is 2.91. The van der Waals surface area contributed by atoms with E-state index in [1.165, 1.54) is 12.8 Å². The molecule has 0 N–H and O–H groups in total. The van der Waals surface area contributed by atoms with Crippen molar-refractivity contribution in [3.8, 4) is 0 Å². The van der Waals surface area contributed by atoms with Crippen LogP contribution in [0.1, 0.15) is 44.9 Å². The van der Waals surface area contributed by atoms with Crippen molar-refractivity contribution in [2.24, 2.45) is 5.41 Å². The third-order valence-corrected chi connectivity index (χ3v) is 5.32. The number of hydrogen-bond acceptors (Lipinski definition) is 3. The van der Waals surface area contributed by atoms with Gasteiger partial charge in [0, 0.05) is 25.8 Å². The molecule has 21 heavy (non-hydrogen) atoms. The predicted molar refractivity (Wildman–Crippen MR) is 81.0 cm³/mol. The minimum atomic E-state index is 0.248. The van der Waals surface area contributed by atoms with E-state index >= 15 is 0 Å². The summed E-state index contributed by atoms with van der Waals surface area (Å²) in [6, 6.07) is 0. The lowest BCUT2D eigenvalue weighted by Crippen LogP contribution is -2.44. The molecule has 2 aliphatic heterocycles. The van der Waals surface area contributed by atoms with E-state index in [0.29, 0.717) is 12.0 Å². The first-order valence-electron chi connectivity index (χ1n) is 8.31. The quantitative estimate of drug-likeness (QED) is 0.802. The fourth-order valence-electron chi connectivity index (χ4n) is 3.96. The molecule has 2 fully saturated rings. The van der Waals surface area contributed by atoms with Gasteiger partial charge in [-0.2, -0.15) is 0 Å². The molecular weight excluding hydrogens is 266 g/mol. The van der Waals surface area contributed by atoms with Gasteiger partial charge >= 0.3 is 0 Å². The lowest BCUT2D eigenvalue weighted by atomic mass is 9.76. The van der Waals surface area contributed by atoms with Crippen molar-refractivity contribution in [1.82, 2.24) is 4.90 Å². The van der Waals surface area contributed by atoms with E-state index in [1.807, 2.05) is 0 Å². The van der Waals surface area contributed by atoms with Gasteiger partial charge in [-0.3, -0.25) is 4.79 Å². The number of allylic oxidation sites excluding steroid dienone is 1. The van der Waals surface area contributed by atoms with Gasteiger partial charge in [-0.15, -0.1) is 0 Å². The number of piperidine rings is 1. The third-order valence-electron chi connectivity index (χ3n) is 5.32. The molecule has 4 nitrogen and oxygen atoms in total. The molecule has 2 heterocycles. The largest absolute Gasteiger partial charge is 0.382 e. The van der Waals surface area contributed by atoms with Gasteiger partial charge in [0.2, 0.25) is 5.91 Å². The van der Waals surface area contributed by atoms with Crippen molar-refractivity contribution in [2.75, 3.05) is 33.4 Å². The highest BCUT2D eigenvalue weighted by Crippen LogP contribution is 2.42. The molecule has 0 aromatic heterocycles. The Labute approximate surface area is 127 Å². The molecule has 1 unspecified atom stereocenters. The summed E-state index contributed by atoms with van der Waals surface area (Å²) in [6.45, 7) is 3.31. The normalized spacial score (nSPS) is 28.7. The van der Waals surface area contributed by atoms with E-state index in [2.05, 4.69) is 11.0 Å². The van der Waals surface area contributed by atoms with Crippen LogP contribution in [0.25, 0.3) is 0 Å². The van der Waals surface area contributed by atoms with E-state index in [-0.39, 0.29) is 12.0 Å². The standard InChI is InChI=1S/C17H27NO3/c1-20-12-15-11-17(13-21-15)7-9-18(10-8-17)16(19)14-5-3-2-4-6-14/h5,15H,2-4,6-13H2,1H3. The molecule has 118 valence electrons. The molecule has 0 aromatic carbocycles. The van der Waals surface area contributed by atoms with Crippen LogP contribution < -0.4 is 0 Å². The van der Waals surface area contributed by atoms with Gasteiger partial charge in [0.25, 0.3) is 0 Å². The molecule has 3 rings (SSSR count). The smallest absolute Gasteiger partial charge is 0.249 e. The molecule has 1 amide bonds. The molecule has 4 heteroatoms. The first kappa shape index (κ1) is 15.0. The number of hydrogen-bond donors (Lipinski definition) is 0. The molecule has 0 saturated carbocycles. The van der Waals surface area contributed by atoms with Gasteiger partial charge in [0.1, 0.15) is 0 Å². The van der Waals surface area contributed by atoms with Crippen LogP contribution in [0.3, 0.4) is 0 Å². The Morgan fingerprint density at radius 1 is 1.43 bits per heavy atom. The molecule has 0 bridgehead atoms. The highest BCUT2D eigenvalue weighted by Gasteiger charge is 2.43. The second kappa shape index (κ2) is 6.49. The fourth-order valence-corrected chi connectivity index (χ4v) is 3.96. The van der Waals surface area contributed by atoms with Crippen LogP contribution in [0.5, 0.6) is 0 Å².